The molecule has 1 aliphatic rings. The van der Waals surface area contributed by atoms with E-state index in [4.69, 9.17) is 14.2 Å². The quantitative estimate of drug-likeness (QED) is 0.344. The van der Waals surface area contributed by atoms with Crippen molar-refractivity contribution in [3.63, 3.8) is 0 Å². The first-order chi connectivity index (χ1) is 16.7. The second-order valence-electron chi connectivity index (χ2n) is 10.0. The van der Waals surface area contributed by atoms with Gasteiger partial charge in [-0.05, 0) is 70.7 Å². The molecular weight excluding hydrogens is 448 g/mol. The van der Waals surface area contributed by atoms with Crippen LogP contribution in [0, 0.1) is 5.92 Å². The number of amides is 1. The first-order valence-electron chi connectivity index (χ1n) is 12.7. The Hall–Kier alpha value is -2.29. The molecule has 1 saturated heterocycles. The van der Waals surface area contributed by atoms with Gasteiger partial charge in [0.15, 0.2) is 11.6 Å². The van der Waals surface area contributed by atoms with Crippen LogP contribution in [0.1, 0.15) is 58.9 Å². The molecule has 1 aromatic carbocycles. The van der Waals surface area contributed by atoms with Gasteiger partial charge in [-0.1, -0.05) is 19.1 Å². The minimum absolute atomic E-state index is 0.0278. The number of nitrogens with one attached hydrogen (secondary N) is 2. The zero-order valence-corrected chi connectivity index (χ0v) is 21.7. The predicted molar refractivity (Wildman–Crippen MR) is 135 cm³/mol. The Labute approximate surface area is 209 Å². The zero-order chi connectivity index (χ0) is 25.7. The summed E-state index contributed by atoms with van der Waals surface area (Å²) < 4.78 is 16.6. The van der Waals surface area contributed by atoms with E-state index in [9.17, 15) is 14.4 Å². The van der Waals surface area contributed by atoms with Crippen molar-refractivity contribution in [1.29, 1.82) is 0 Å². The predicted octanol–water partition coefficient (Wildman–Crippen LogP) is 2.86. The van der Waals surface area contributed by atoms with E-state index in [1.165, 1.54) is 0 Å². The summed E-state index contributed by atoms with van der Waals surface area (Å²) in [5, 5.41) is 5.90. The summed E-state index contributed by atoms with van der Waals surface area (Å²) >= 11 is 0. The summed E-state index contributed by atoms with van der Waals surface area (Å²) in [6, 6.07) is 7.34. The number of carbonyl (C=O) groups is 3. The van der Waals surface area contributed by atoms with Crippen molar-refractivity contribution in [2.24, 2.45) is 5.92 Å². The van der Waals surface area contributed by atoms with E-state index < -0.39 is 5.92 Å². The van der Waals surface area contributed by atoms with Gasteiger partial charge >= 0.3 is 0 Å². The minimum atomic E-state index is -0.596. The van der Waals surface area contributed by atoms with Gasteiger partial charge < -0.3 is 24.8 Å². The lowest BCUT2D eigenvalue weighted by molar-refractivity contribution is -0.132. The van der Waals surface area contributed by atoms with Crippen molar-refractivity contribution >= 4 is 17.5 Å². The van der Waals surface area contributed by atoms with Gasteiger partial charge in [0.05, 0.1) is 25.8 Å². The summed E-state index contributed by atoms with van der Waals surface area (Å²) in [4.78, 5) is 37.9. The number of hydrogen-bond donors (Lipinski definition) is 2. The van der Waals surface area contributed by atoms with E-state index in [1.54, 1.807) is 0 Å². The van der Waals surface area contributed by atoms with Gasteiger partial charge in [0.2, 0.25) is 5.91 Å². The summed E-state index contributed by atoms with van der Waals surface area (Å²) in [5.41, 5.74) is 0.607. The molecule has 8 heteroatoms. The normalized spacial score (nSPS) is 16.6. The number of hydrogen-bond acceptors (Lipinski definition) is 7. The van der Waals surface area contributed by atoms with Crippen LogP contribution < -0.4 is 15.4 Å². The van der Waals surface area contributed by atoms with Gasteiger partial charge in [0.25, 0.3) is 0 Å². The van der Waals surface area contributed by atoms with Gasteiger partial charge in [-0.15, -0.1) is 0 Å². The Morgan fingerprint density at radius 3 is 2.43 bits per heavy atom. The molecule has 1 aromatic rings. The third-order valence-electron chi connectivity index (χ3n) is 5.54. The summed E-state index contributed by atoms with van der Waals surface area (Å²) in [5.74, 6) is -0.337. The monoisotopic (exact) mass is 490 g/mol. The Balaban J connectivity index is 1.94. The van der Waals surface area contributed by atoms with E-state index >= 15 is 0 Å². The third kappa shape index (κ3) is 11.8. The molecule has 196 valence electrons. The summed E-state index contributed by atoms with van der Waals surface area (Å²) in [7, 11) is 0. The smallest absolute Gasteiger partial charge is 0.224 e. The molecule has 1 fully saturated rings. The van der Waals surface area contributed by atoms with Crippen molar-refractivity contribution in [2.45, 2.75) is 71.4 Å². The fourth-order valence-corrected chi connectivity index (χ4v) is 3.87. The van der Waals surface area contributed by atoms with Crippen molar-refractivity contribution in [1.82, 2.24) is 10.6 Å². The lowest BCUT2D eigenvalue weighted by Gasteiger charge is -2.21. The number of ketones is 2. The molecule has 0 aliphatic carbocycles. The molecular formula is C27H42N2O6. The molecule has 0 aromatic heterocycles. The maximum Gasteiger partial charge on any atom is 0.224 e. The van der Waals surface area contributed by atoms with E-state index in [2.05, 4.69) is 10.6 Å². The molecule has 0 saturated carbocycles. The van der Waals surface area contributed by atoms with Gasteiger partial charge in [-0.3, -0.25) is 14.4 Å². The molecule has 1 aliphatic heterocycles. The van der Waals surface area contributed by atoms with Crippen LogP contribution in [0.15, 0.2) is 24.3 Å². The highest BCUT2D eigenvalue weighted by Crippen LogP contribution is 2.21. The number of Topliss-reactive ketones (excluding diaryl/α,β-unsaturated/α-hetero) is 2. The van der Waals surface area contributed by atoms with Crippen LogP contribution >= 0.6 is 0 Å². The molecule has 35 heavy (non-hydrogen) atoms. The lowest BCUT2D eigenvalue weighted by Crippen LogP contribution is -2.42. The Morgan fingerprint density at radius 2 is 1.80 bits per heavy atom. The molecule has 0 radical (unpaired) electrons. The van der Waals surface area contributed by atoms with Crippen LogP contribution in [0.3, 0.4) is 0 Å². The zero-order valence-electron chi connectivity index (χ0n) is 21.7. The molecule has 0 spiro atoms. The van der Waals surface area contributed by atoms with Gasteiger partial charge in [-0.25, -0.2) is 0 Å². The summed E-state index contributed by atoms with van der Waals surface area (Å²) in [6.07, 6.45) is 3.09. The Bertz CT molecular complexity index is 797. The highest BCUT2D eigenvalue weighted by molar-refractivity contribution is 5.92. The molecule has 2 rings (SSSR count). The van der Waals surface area contributed by atoms with Gasteiger partial charge in [-0.2, -0.15) is 0 Å². The van der Waals surface area contributed by atoms with Gasteiger partial charge in [0, 0.05) is 18.9 Å². The van der Waals surface area contributed by atoms with Crippen molar-refractivity contribution < 1.29 is 28.6 Å². The fourth-order valence-electron chi connectivity index (χ4n) is 3.87. The molecule has 1 unspecified atom stereocenters. The van der Waals surface area contributed by atoms with Crippen molar-refractivity contribution in [3.8, 4) is 5.75 Å². The average molecular weight is 491 g/mol. The molecule has 0 bridgehead atoms. The Kier molecular flexibility index (Phi) is 12.4. The maximum absolute atomic E-state index is 13.0. The van der Waals surface area contributed by atoms with Crippen LogP contribution in [-0.4, -0.2) is 68.6 Å². The van der Waals surface area contributed by atoms with Crippen LogP contribution in [-0.2, 0) is 30.3 Å². The largest absolute Gasteiger partial charge is 0.488 e. The fraction of sp³-hybridized carbons (Fsp3) is 0.667. The van der Waals surface area contributed by atoms with Crippen LogP contribution in [0.5, 0.6) is 5.75 Å². The first-order valence-corrected chi connectivity index (χ1v) is 12.7. The maximum atomic E-state index is 13.0. The minimum Gasteiger partial charge on any atom is -0.488 e. The van der Waals surface area contributed by atoms with Crippen molar-refractivity contribution in [2.75, 3.05) is 39.5 Å². The Morgan fingerprint density at radius 1 is 1.09 bits per heavy atom. The molecule has 8 nitrogen and oxygen atoms in total. The second kappa shape index (κ2) is 15.0. The average Bonchev–Trinajstić information content (AvgIpc) is 3.34. The van der Waals surface area contributed by atoms with E-state index in [-0.39, 0.29) is 48.7 Å². The first kappa shape index (κ1) is 28.9. The standard InChI is InChI=1S/C27H42N2O6/c1-5-13-33-14-15-34-19-22(30)17-21(26(32)29-18-25(31)24-7-6-12-28-24)16-20-8-10-23(11-9-20)35-27(2,3)4/h8-11,21,24,28H,5-7,12-19H2,1-4H3,(H,29,32)/t21-,24?/m1/s1. The van der Waals surface area contributed by atoms with E-state index in [0.717, 1.165) is 37.1 Å². The van der Waals surface area contributed by atoms with E-state index in [1.807, 2.05) is 52.0 Å². The second-order valence-corrected chi connectivity index (χ2v) is 10.0. The van der Waals surface area contributed by atoms with Crippen LogP contribution in [0.4, 0.5) is 0 Å². The topological polar surface area (TPSA) is 103 Å². The third-order valence-corrected chi connectivity index (χ3v) is 5.54. The molecule has 2 atom stereocenters. The molecule has 1 heterocycles. The van der Waals surface area contributed by atoms with Gasteiger partial charge in [0.1, 0.15) is 18.0 Å². The number of rotatable bonds is 16. The van der Waals surface area contributed by atoms with E-state index in [0.29, 0.717) is 26.2 Å². The lowest BCUT2D eigenvalue weighted by atomic mass is 9.93. The molecule has 1 amide bonds. The molecule has 2 N–H and O–H groups in total. The number of ether oxygens (including phenoxy) is 3. The number of benzene rings is 1. The summed E-state index contributed by atoms with van der Waals surface area (Å²) in [6.45, 7) is 10.1. The highest BCUT2D eigenvalue weighted by atomic mass is 16.5. The number of carbonyl (C=O) groups excluding carboxylic acids is 3. The SMILES string of the molecule is CCCOCCOCC(=O)C[C@@H](Cc1ccc(OC(C)(C)C)cc1)C(=O)NCC(=O)C1CCCN1. The highest BCUT2D eigenvalue weighted by Gasteiger charge is 2.26. The van der Waals surface area contributed by atoms with Crippen molar-refractivity contribution in [3.05, 3.63) is 29.8 Å². The van der Waals surface area contributed by atoms with Crippen LogP contribution in [0.2, 0.25) is 0 Å². The van der Waals surface area contributed by atoms with Crippen LogP contribution in [0.25, 0.3) is 0 Å².